The van der Waals surface area contributed by atoms with Crippen molar-refractivity contribution in [1.29, 1.82) is 0 Å². The number of nitrogens with one attached hydrogen (secondary N) is 2. The van der Waals surface area contributed by atoms with E-state index in [1.807, 2.05) is 62.9 Å². The Kier molecular flexibility index (Phi) is 6.97. The number of benzene rings is 2. The minimum Gasteiger partial charge on any atom is -0.492 e. The average molecular weight is 472 g/mol. The Bertz CT molecular complexity index is 1250. The topological polar surface area (TPSA) is 80.1 Å². The number of imidazole rings is 1. The highest BCUT2D eigenvalue weighted by molar-refractivity contribution is 5.85. The summed E-state index contributed by atoms with van der Waals surface area (Å²) in [5, 5.41) is 6.84. The Hall–Kier alpha value is -3.81. The molecule has 182 valence electrons. The van der Waals surface area contributed by atoms with Crippen molar-refractivity contribution < 1.29 is 4.74 Å². The number of ether oxygens (including phenoxy) is 1. The van der Waals surface area contributed by atoms with Gasteiger partial charge in [-0.2, -0.15) is 9.97 Å². The van der Waals surface area contributed by atoms with E-state index >= 15 is 0 Å². The molecule has 2 aromatic heterocycles. The predicted octanol–water partition coefficient (Wildman–Crippen LogP) is 5.63. The highest BCUT2D eigenvalue weighted by atomic mass is 16.5. The Labute approximate surface area is 206 Å². The molecular formula is C27H33N7O. The fraction of sp³-hybridized carbons (Fsp3) is 0.370. The molecule has 1 aliphatic carbocycles. The maximum atomic E-state index is 5.85. The van der Waals surface area contributed by atoms with Crippen molar-refractivity contribution in [3.8, 4) is 5.75 Å². The van der Waals surface area contributed by atoms with Gasteiger partial charge in [0.15, 0.2) is 17.0 Å². The molecule has 0 aliphatic heterocycles. The highest BCUT2D eigenvalue weighted by Gasteiger charge is 2.21. The van der Waals surface area contributed by atoms with Crippen LogP contribution in [0.25, 0.3) is 11.2 Å². The molecule has 5 rings (SSSR count). The summed E-state index contributed by atoms with van der Waals surface area (Å²) >= 11 is 0. The first-order chi connectivity index (χ1) is 17.2. The minimum absolute atomic E-state index is 0.433. The quantitative estimate of drug-likeness (QED) is 0.306. The van der Waals surface area contributed by atoms with Crippen LogP contribution >= 0.6 is 0 Å². The van der Waals surface area contributed by atoms with Crippen molar-refractivity contribution in [3.63, 3.8) is 0 Å². The van der Waals surface area contributed by atoms with Crippen molar-refractivity contribution >= 4 is 34.3 Å². The van der Waals surface area contributed by atoms with Crippen molar-refractivity contribution in [3.05, 3.63) is 60.9 Å². The van der Waals surface area contributed by atoms with Crippen LogP contribution in [0.5, 0.6) is 5.75 Å². The van der Waals surface area contributed by atoms with Crippen molar-refractivity contribution in [2.24, 2.45) is 0 Å². The van der Waals surface area contributed by atoms with Crippen LogP contribution in [0.1, 0.15) is 38.1 Å². The second-order valence-electron chi connectivity index (χ2n) is 9.17. The third-order valence-corrected chi connectivity index (χ3v) is 6.41. The van der Waals surface area contributed by atoms with Crippen LogP contribution in [-0.4, -0.2) is 46.8 Å². The molecule has 8 heteroatoms. The second-order valence-corrected chi connectivity index (χ2v) is 9.17. The first-order valence-electron chi connectivity index (χ1n) is 12.4. The molecule has 8 nitrogen and oxygen atoms in total. The summed E-state index contributed by atoms with van der Waals surface area (Å²) in [6.07, 6.45) is 8.06. The summed E-state index contributed by atoms with van der Waals surface area (Å²) in [5.74, 6) is 2.12. The lowest BCUT2D eigenvalue weighted by molar-refractivity contribution is 0.333. The predicted molar refractivity (Wildman–Crippen MR) is 142 cm³/mol. The summed E-state index contributed by atoms with van der Waals surface area (Å²) in [5.41, 5.74) is 3.71. The van der Waals surface area contributed by atoms with Crippen LogP contribution in [0.4, 0.5) is 23.1 Å². The van der Waals surface area contributed by atoms with Crippen LogP contribution in [0.2, 0.25) is 0 Å². The minimum atomic E-state index is 0.433. The number of para-hydroxylation sites is 1. The Morgan fingerprint density at radius 2 is 1.83 bits per heavy atom. The lowest BCUT2D eigenvalue weighted by atomic mass is 9.95. The monoisotopic (exact) mass is 471 g/mol. The fourth-order valence-corrected chi connectivity index (χ4v) is 4.57. The van der Waals surface area contributed by atoms with Crippen molar-refractivity contribution in [2.45, 2.75) is 38.1 Å². The van der Waals surface area contributed by atoms with E-state index in [0.717, 1.165) is 41.1 Å². The Morgan fingerprint density at radius 3 is 2.63 bits per heavy atom. The lowest BCUT2D eigenvalue weighted by Gasteiger charge is -2.23. The molecule has 0 spiro atoms. The lowest BCUT2D eigenvalue weighted by Crippen LogP contribution is -2.15. The van der Waals surface area contributed by atoms with Gasteiger partial charge in [0, 0.05) is 31.5 Å². The molecule has 1 fully saturated rings. The summed E-state index contributed by atoms with van der Waals surface area (Å²) in [6.45, 7) is 1.12. The number of nitrogens with zero attached hydrogens (tertiary/aromatic N) is 5. The molecule has 0 atom stereocenters. The zero-order chi connectivity index (χ0) is 24.0. The summed E-state index contributed by atoms with van der Waals surface area (Å²) in [4.78, 5) is 16.5. The van der Waals surface area contributed by atoms with E-state index in [-0.39, 0.29) is 0 Å². The normalized spacial score (nSPS) is 14.1. The van der Waals surface area contributed by atoms with Gasteiger partial charge in [-0.3, -0.25) is 0 Å². The third kappa shape index (κ3) is 5.48. The van der Waals surface area contributed by atoms with E-state index in [1.165, 1.54) is 19.3 Å². The average Bonchev–Trinajstić information content (AvgIpc) is 3.32. The Balaban J connectivity index is 1.41. The van der Waals surface area contributed by atoms with E-state index in [9.17, 15) is 0 Å². The molecule has 0 radical (unpaired) electrons. The van der Waals surface area contributed by atoms with Gasteiger partial charge < -0.3 is 24.8 Å². The van der Waals surface area contributed by atoms with Gasteiger partial charge in [-0.05, 0) is 43.2 Å². The number of hydrogen-bond acceptors (Lipinski definition) is 7. The van der Waals surface area contributed by atoms with Gasteiger partial charge in [-0.1, -0.05) is 43.5 Å². The standard InChI is InChI=1S/C27H33N7O/c1-33(2)22-13-9-10-20(18-22)30-27-31-25(28-16-17-35-23-14-7-4-8-15-23)24-26(32-27)34(19-29-24)21-11-5-3-6-12-21/h4,7-10,13-15,18-19,21H,3,5-6,11-12,16-17H2,1-2H3,(H2,28,30,31,32). The summed E-state index contributed by atoms with van der Waals surface area (Å²) in [7, 11) is 4.06. The van der Waals surface area contributed by atoms with Crippen LogP contribution in [0.3, 0.4) is 0 Å². The molecule has 2 N–H and O–H groups in total. The summed E-state index contributed by atoms with van der Waals surface area (Å²) < 4.78 is 8.09. The molecule has 2 aromatic carbocycles. The number of rotatable bonds is 9. The van der Waals surface area contributed by atoms with Gasteiger partial charge in [0.25, 0.3) is 0 Å². The molecule has 2 heterocycles. The maximum Gasteiger partial charge on any atom is 0.231 e. The van der Waals surface area contributed by atoms with Crippen molar-refractivity contribution in [2.75, 3.05) is 42.8 Å². The van der Waals surface area contributed by atoms with E-state index in [4.69, 9.17) is 19.7 Å². The van der Waals surface area contributed by atoms with E-state index in [0.29, 0.717) is 31.0 Å². The fourth-order valence-electron chi connectivity index (χ4n) is 4.57. The van der Waals surface area contributed by atoms with Gasteiger partial charge in [0.2, 0.25) is 5.95 Å². The van der Waals surface area contributed by atoms with E-state index in [2.05, 4.69) is 32.2 Å². The van der Waals surface area contributed by atoms with E-state index < -0.39 is 0 Å². The second kappa shape index (κ2) is 10.6. The highest BCUT2D eigenvalue weighted by Crippen LogP contribution is 2.32. The van der Waals surface area contributed by atoms with Gasteiger partial charge in [-0.15, -0.1) is 0 Å². The molecule has 0 saturated heterocycles. The van der Waals surface area contributed by atoms with E-state index in [1.54, 1.807) is 0 Å². The molecule has 0 bridgehead atoms. The molecule has 1 aliphatic rings. The van der Waals surface area contributed by atoms with Crippen LogP contribution in [-0.2, 0) is 0 Å². The maximum absolute atomic E-state index is 5.85. The van der Waals surface area contributed by atoms with Gasteiger partial charge >= 0.3 is 0 Å². The molecule has 0 amide bonds. The van der Waals surface area contributed by atoms with Gasteiger partial charge in [-0.25, -0.2) is 4.98 Å². The molecule has 35 heavy (non-hydrogen) atoms. The zero-order valence-electron chi connectivity index (χ0n) is 20.4. The first kappa shape index (κ1) is 23.0. The largest absolute Gasteiger partial charge is 0.492 e. The number of anilines is 4. The van der Waals surface area contributed by atoms with Crippen LogP contribution in [0, 0.1) is 0 Å². The molecular weight excluding hydrogens is 438 g/mol. The SMILES string of the molecule is CN(C)c1cccc(Nc2nc(NCCOc3ccccc3)c3ncn(C4CCCCC4)c3n2)c1. The first-order valence-corrected chi connectivity index (χ1v) is 12.4. The zero-order valence-corrected chi connectivity index (χ0v) is 20.4. The van der Waals surface area contributed by atoms with Gasteiger partial charge in [0.1, 0.15) is 12.4 Å². The smallest absolute Gasteiger partial charge is 0.231 e. The molecule has 0 unspecified atom stereocenters. The molecule has 1 saturated carbocycles. The number of hydrogen-bond donors (Lipinski definition) is 2. The Morgan fingerprint density at radius 1 is 1.00 bits per heavy atom. The number of fused-ring (bicyclic) bond motifs is 1. The van der Waals surface area contributed by atoms with Crippen LogP contribution in [0.15, 0.2) is 60.9 Å². The van der Waals surface area contributed by atoms with Gasteiger partial charge in [0.05, 0.1) is 12.9 Å². The van der Waals surface area contributed by atoms with Crippen molar-refractivity contribution in [1.82, 2.24) is 19.5 Å². The number of aromatic nitrogens is 4. The van der Waals surface area contributed by atoms with Crippen LogP contribution < -0.4 is 20.3 Å². The summed E-state index contributed by atoms with van der Waals surface area (Å²) in [6, 6.07) is 18.5. The molecule has 4 aromatic rings. The third-order valence-electron chi connectivity index (χ3n) is 6.41.